The van der Waals surface area contributed by atoms with Gasteiger partial charge in [-0.15, -0.1) is 0 Å². The van der Waals surface area contributed by atoms with E-state index in [4.69, 9.17) is 4.74 Å². The van der Waals surface area contributed by atoms with Gasteiger partial charge in [-0.25, -0.2) is 9.18 Å². The van der Waals surface area contributed by atoms with Gasteiger partial charge in [-0.1, -0.05) is 32.9 Å². The number of aliphatic hydroxyl groups is 1. The molecule has 6 heteroatoms. The van der Waals surface area contributed by atoms with Crippen LogP contribution in [0.25, 0.3) is 0 Å². The lowest BCUT2D eigenvalue weighted by atomic mass is 9.70. The molecule has 1 amide bonds. The molecule has 0 spiro atoms. The third-order valence-corrected chi connectivity index (χ3v) is 4.29. The predicted molar refractivity (Wildman–Crippen MR) is 79.1 cm³/mol. The molecule has 1 aromatic carbocycles. The van der Waals surface area contributed by atoms with Crippen molar-refractivity contribution in [3.05, 3.63) is 35.6 Å². The summed E-state index contributed by atoms with van der Waals surface area (Å²) < 4.78 is 19.4. The standard InChI is InChI=1S/C16H22FNO4/c1-15(2,3)16(10-18(14(20)21)7-8-22-16)13(19)11-5-4-6-12(17)9-11/h4-6,9,13,19H,7-8,10H2,1-3H3,(H,20,21)/t13-,16+/m1/s1. The van der Waals surface area contributed by atoms with E-state index in [0.29, 0.717) is 5.56 Å². The second kappa shape index (κ2) is 5.85. The van der Waals surface area contributed by atoms with Crippen LogP contribution >= 0.6 is 0 Å². The Morgan fingerprint density at radius 2 is 2.14 bits per heavy atom. The van der Waals surface area contributed by atoms with Crippen molar-refractivity contribution in [2.45, 2.75) is 32.5 Å². The SMILES string of the molecule is CC(C)(C)[C@@]1([C@H](O)c2cccc(F)c2)CN(C(=O)O)CCO1. The van der Waals surface area contributed by atoms with E-state index >= 15 is 0 Å². The van der Waals surface area contributed by atoms with Crippen LogP contribution in [0.3, 0.4) is 0 Å². The summed E-state index contributed by atoms with van der Waals surface area (Å²) in [7, 11) is 0. The van der Waals surface area contributed by atoms with Crippen LogP contribution in [-0.2, 0) is 4.74 Å². The van der Waals surface area contributed by atoms with Crippen LogP contribution in [-0.4, -0.2) is 46.5 Å². The number of morpholine rings is 1. The van der Waals surface area contributed by atoms with Crippen LogP contribution < -0.4 is 0 Å². The molecule has 122 valence electrons. The Hall–Kier alpha value is -1.66. The molecule has 22 heavy (non-hydrogen) atoms. The molecular formula is C16H22FNO4. The minimum atomic E-state index is -1.14. The highest BCUT2D eigenvalue weighted by Gasteiger charge is 2.53. The number of halogens is 1. The number of amides is 1. The fourth-order valence-electron chi connectivity index (χ4n) is 2.88. The monoisotopic (exact) mass is 311 g/mol. The first-order valence-electron chi connectivity index (χ1n) is 7.23. The summed E-state index contributed by atoms with van der Waals surface area (Å²) in [5, 5.41) is 20.1. The quantitative estimate of drug-likeness (QED) is 0.881. The van der Waals surface area contributed by atoms with Crippen molar-refractivity contribution in [3.8, 4) is 0 Å². The molecule has 1 fully saturated rings. The zero-order valence-corrected chi connectivity index (χ0v) is 13.0. The van der Waals surface area contributed by atoms with Gasteiger partial charge in [-0.2, -0.15) is 0 Å². The van der Waals surface area contributed by atoms with E-state index < -0.39 is 29.0 Å². The smallest absolute Gasteiger partial charge is 0.407 e. The maximum absolute atomic E-state index is 13.5. The van der Waals surface area contributed by atoms with Crippen molar-refractivity contribution >= 4 is 6.09 Å². The number of nitrogens with zero attached hydrogens (tertiary/aromatic N) is 1. The largest absolute Gasteiger partial charge is 0.465 e. The van der Waals surface area contributed by atoms with E-state index in [-0.39, 0.29) is 19.7 Å². The molecule has 1 aromatic rings. The molecule has 2 atom stereocenters. The van der Waals surface area contributed by atoms with Gasteiger partial charge < -0.3 is 19.8 Å². The normalized spacial score (nSPS) is 24.1. The van der Waals surface area contributed by atoms with Gasteiger partial charge in [-0.05, 0) is 23.1 Å². The van der Waals surface area contributed by atoms with Gasteiger partial charge in [0.15, 0.2) is 0 Å². The van der Waals surface area contributed by atoms with Crippen molar-refractivity contribution in [3.63, 3.8) is 0 Å². The van der Waals surface area contributed by atoms with Crippen LogP contribution in [0.5, 0.6) is 0 Å². The number of benzene rings is 1. The molecular weight excluding hydrogens is 289 g/mol. The predicted octanol–water partition coefficient (Wildman–Crippen LogP) is 2.65. The van der Waals surface area contributed by atoms with Crippen molar-refractivity contribution < 1.29 is 24.1 Å². The molecule has 1 aliphatic rings. The van der Waals surface area contributed by atoms with Gasteiger partial charge in [0.05, 0.1) is 13.2 Å². The van der Waals surface area contributed by atoms with E-state index in [0.717, 1.165) is 0 Å². The molecule has 5 nitrogen and oxygen atoms in total. The second-order valence-electron chi connectivity index (χ2n) is 6.65. The maximum atomic E-state index is 13.5. The summed E-state index contributed by atoms with van der Waals surface area (Å²) in [5.41, 5.74) is -1.31. The van der Waals surface area contributed by atoms with E-state index in [1.54, 1.807) is 6.07 Å². The first-order valence-corrected chi connectivity index (χ1v) is 7.23. The minimum absolute atomic E-state index is 0.0313. The van der Waals surface area contributed by atoms with Crippen LogP contribution in [0.2, 0.25) is 0 Å². The summed E-state index contributed by atoms with van der Waals surface area (Å²) >= 11 is 0. The number of ether oxygens (including phenoxy) is 1. The van der Waals surface area contributed by atoms with Crippen molar-refractivity contribution in [2.75, 3.05) is 19.7 Å². The molecule has 0 radical (unpaired) electrons. The van der Waals surface area contributed by atoms with E-state index in [1.165, 1.54) is 23.1 Å². The Kier molecular flexibility index (Phi) is 4.44. The molecule has 1 saturated heterocycles. The van der Waals surface area contributed by atoms with Gasteiger partial charge in [-0.3, -0.25) is 0 Å². The second-order valence-corrected chi connectivity index (χ2v) is 6.65. The Morgan fingerprint density at radius 1 is 1.45 bits per heavy atom. The Labute approximate surface area is 129 Å². The van der Waals surface area contributed by atoms with Gasteiger partial charge in [0, 0.05) is 6.54 Å². The molecule has 0 bridgehead atoms. The first-order chi connectivity index (χ1) is 10.2. The lowest BCUT2D eigenvalue weighted by Crippen LogP contribution is -2.62. The minimum Gasteiger partial charge on any atom is -0.465 e. The Morgan fingerprint density at radius 3 is 2.68 bits per heavy atom. The van der Waals surface area contributed by atoms with Gasteiger partial charge in [0.25, 0.3) is 0 Å². The van der Waals surface area contributed by atoms with Gasteiger partial charge in [0.1, 0.15) is 17.5 Å². The maximum Gasteiger partial charge on any atom is 0.407 e. The van der Waals surface area contributed by atoms with E-state index in [9.17, 15) is 19.4 Å². The summed E-state index contributed by atoms with van der Waals surface area (Å²) in [6.07, 6.45) is -2.19. The topological polar surface area (TPSA) is 70.0 Å². The van der Waals surface area contributed by atoms with Crippen LogP contribution in [0, 0.1) is 11.2 Å². The number of carboxylic acid groups (broad SMARTS) is 1. The van der Waals surface area contributed by atoms with Crippen molar-refractivity contribution in [2.24, 2.45) is 5.41 Å². The van der Waals surface area contributed by atoms with Gasteiger partial charge >= 0.3 is 6.09 Å². The highest BCUT2D eigenvalue weighted by molar-refractivity contribution is 5.65. The molecule has 0 aliphatic carbocycles. The third kappa shape index (κ3) is 2.94. The Bertz CT molecular complexity index is 557. The van der Waals surface area contributed by atoms with Crippen molar-refractivity contribution in [1.82, 2.24) is 4.90 Å². The zero-order chi connectivity index (χ0) is 16.5. The van der Waals surface area contributed by atoms with Gasteiger partial charge in [0.2, 0.25) is 0 Å². The van der Waals surface area contributed by atoms with Crippen molar-refractivity contribution in [1.29, 1.82) is 0 Å². The Balaban J connectivity index is 2.44. The number of hydrogen-bond donors (Lipinski definition) is 2. The molecule has 2 N–H and O–H groups in total. The summed E-state index contributed by atoms with van der Waals surface area (Å²) in [4.78, 5) is 12.5. The fraction of sp³-hybridized carbons (Fsp3) is 0.562. The summed E-state index contributed by atoms with van der Waals surface area (Å²) in [5.74, 6) is -0.452. The third-order valence-electron chi connectivity index (χ3n) is 4.29. The first kappa shape index (κ1) is 16.7. The van der Waals surface area contributed by atoms with E-state index in [2.05, 4.69) is 0 Å². The van der Waals surface area contributed by atoms with Crippen LogP contribution in [0.4, 0.5) is 9.18 Å². The molecule has 2 rings (SSSR count). The fourth-order valence-corrected chi connectivity index (χ4v) is 2.88. The van der Waals surface area contributed by atoms with Crippen LogP contribution in [0.15, 0.2) is 24.3 Å². The average molecular weight is 311 g/mol. The van der Waals surface area contributed by atoms with Crippen LogP contribution in [0.1, 0.15) is 32.4 Å². The molecule has 1 aliphatic heterocycles. The lowest BCUT2D eigenvalue weighted by molar-refractivity contribution is -0.213. The average Bonchev–Trinajstić information content (AvgIpc) is 2.45. The highest BCUT2D eigenvalue weighted by Crippen LogP contribution is 2.45. The zero-order valence-electron chi connectivity index (χ0n) is 13.0. The molecule has 0 saturated carbocycles. The number of carbonyl (C=O) groups is 1. The summed E-state index contributed by atoms with van der Waals surface area (Å²) in [6, 6.07) is 5.68. The van der Waals surface area contributed by atoms with E-state index in [1.807, 2.05) is 20.8 Å². The number of aliphatic hydroxyl groups excluding tert-OH is 1. The molecule has 0 unspecified atom stereocenters. The molecule has 1 heterocycles. The number of rotatable bonds is 2. The molecule has 0 aromatic heterocycles. The lowest BCUT2D eigenvalue weighted by Gasteiger charge is -2.52. The number of hydrogen-bond acceptors (Lipinski definition) is 3. The highest BCUT2D eigenvalue weighted by atomic mass is 19.1. The summed E-state index contributed by atoms with van der Waals surface area (Å²) in [6.45, 7) is 6.10.